The molecule has 3 heteroatoms. The number of hydrogen-bond donors (Lipinski definition) is 1. The number of carbonyl (C=O) groups is 1. The lowest BCUT2D eigenvalue weighted by Crippen LogP contribution is -2.66. The van der Waals surface area contributed by atoms with Crippen molar-refractivity contribution in [1.29, 1.82) is 0 Å². The van der Waals surface area contributed by atoms with Gasteiger partial charge in [-0.3, -0.25) is 4.79 Å². The fraction of sp³-hybridized carbons (Fsp3) is 0.650. The lowest BCUT2D eigenvalue weighted by molar-refractivity contribution is -0.171. The highest BCUT2D eigenvalue weighted by Crippen LogP contribution is 2.53. The standard InChI is InChI=1S/C20H27NO2/c1-14-4-3-5-15(6-14)7-16-8-20(9-16)12-21(13-20)18(22)17-10-19(2,23)11-17/h3-6,16-17,23H,7-13H2,1-2H3. The van der Waals surface area contributed by atoms with E-state index in [9.17, 15) is 9.90 Å². The average molecular weight is 313 g/mol. The number of carbonyl (C=O) groups excluding carboxylic acids is 1. The van der Waals surface area contributed by atoms with E-state index in [1.54, 1.807) is 0 Å². The Kier molecular flexibility index (Phi) is 3.35. The largest absolute Gasteiger partial charge is 0.390 e. The van der Waals surface area contributed by atoms with Crippen LogP contribution in [0.25, 0.3) is 0 Å². The SMILES string of the molecule is Cc1cccc(CC2CC3(C2)CN(C(=O)C2CC(C)(O)C2)C3)c1. The maximum Gasteiger partial charge on any atom is 0.225 e. The minimum absolute atomic E-state index is 0.0746. The number of rotatable bonds is 3. The van der Waals surface area contributed by atoms with Crippen molar-refractivity contribution in [3.8, 4) is 0 Å². The van der Waals surface area contributed by atoms with Crippen molar-refractivity contribution in [2.75, 3.05) is 13.1 Å². The van der Waals surface area contributed by atoms with Crippen LogP contribution in [-0.4, -0.2) is 34.6 Å². The molecule has 4 rings (SSSR count). The summed E-state index contributed by atoms with van der Waals surface area (Å²) in [5.41, 5.74) is 2.62. The summed E-state index contributed by atoms with van der Waals surface area (Å²) < 4.78 is 0. The smallest absolute Gasteiger partial charge is 0.225 e. The first-order valence-electron chi connectivity index (χ1n) is 8.91. The van der Waals surface area contributed by atoms with Crippen LogP contribution in [0.3, 0.4) is 0 Å². The lowest BCUT2D eigenvalue weighted by atomic mass is 9.56. The molecule has 124 valence electrons. The lowest BCUT2D eigenvalue weighted by Gasteiger charge is -2.60. The molecular weight excluding hydrogens is 286 g/mol. The van der Waals surface area contributed by atoms with Gasteiger partial charge in [0.2, 0.25) is 5.91 Å². The summed E-state index contributed by atoms with van der Waals surface area (Å²) in [6.07, 6.45) is 5.01. The van der Waals surface area contributed by atoms with E-state index in [1.807, 2.05) is 11.8 Å². The summed E-state index contributed by atoms with van der Waals surface area (Å²) in [5, 5.41) is 9.79. The number of aliphatic hydroxyl groups is 1. The van der Waals surface area contributed by atoms with Gasteiger partial charge in [-0.2, -0.15) is 0 Å². The summed E-state index contributed by atoms with van der Waals surface area (Å²) in [7, 11) is 0. The quantitative estimate of drug-likeness (QED) is 0.932. The van der Waals surface area contributed by atoms with Crippen LogP contribution in [-0.2, 0) is 11.2 Å². The maximum atomic E-state index is 12.3. The first-order valence-corrected chi connectivity index (χ1v) is 8.91. The predicted octanol–water partition coefficient (Wildman–Crippen LogP) is 2.94. The number of amides is 1. The Morgan fingerprint density at radius 3 is 2.57 bits per heavy atom. The molecule has 3 nitrogen and oxygen atoms in total. The zero-order valence-electron chi connectivity index (χ0n) is 14.2. The van der Waals surface area contributed by atoms with Gasteiger partial charge in [-0.1, -0.05) is 29.8 Å². The van der Waals surface area contributed by atoms with E-state index in [-0.39, 0.29) is 11.8 Å². The zero-order chi connectivity index (χ0) is 16.2. The average Bonchev–Trinajstić information content (AvgIpc) is 2.36. The molecule has 1 aromatic rings. The molecule has 0 bridgehead atoms. The van der Waals surface area contributed by atoms with Gasteiger partial charge in [-0.15, -0.1) is 0 Å². The van der Waals surface area contributed by atoms with Gasteiger partial charge in [-0.25, -0.2) is 0 Å². The Bertz CT molecular complexity index is 614. The highest BCUT2D eigenvalue weighted by atomic mass is 16.3. The van der Waals surface area contributed by atoms with Gasteiger partial charge in [0.05, 0.1) is 5.60 Å². The molecule has 0 atom stereocenters. The van der Waals surface area contributed by atoms with E-state index in [1.165, 1.54) is 30.4 Å². The van der Waals surface area contributed by atoms with Gasteiger partial charge in [-0.05, 0) is 57.4 Å². The molecule has 1 aliphatic heterocycles. The molecule has 0 aromatic heterocycles. The second kappa shape index (κ2) is 5.07. The number of aryl methyl sites for hydroxylation is 1. The molecule has 1 N–H and O–H groups in total. The highest BCUT2D eigenvalue weighted by molar-refractivity contribution is 5.81. The molecular formula is C20H27NO2. The van der Waals surface area contributed by atoms with Crippen LogP contribution in [0.1, 0.15) is 43.7 Å². The molecule has 23 heavy (non-hydrogen) atoms. The number of hydrogen-bond acceptors (Lipinski definition) is 2. The number of benzene rings is 1. The fourth-order valence-corrected chi connectivity index (χ4v) is 5.09. The van der Waals surface area contributed by atoms with Crippen molar-refractivity contribution in [2.24, 2.45) is 17.3 Å². The molecule has 1 aromatic carbocycles. The van der Waals surface area contributed by atoms with Crippen molar-refractivity contribution in [2.45, 2.75) is 51.6 Å². The molecule has 2 aliphatic carbocycles. The van der Waals surface area contributed by atoms with Crippen molar-refractivity contribution in [3.63, 3.8) is 0 Å². The maximum absolute atomic E-state index is 12.3. The van der Waals surface area contributed by atoms with E-state index < -0.39 is 5.60 Å². The van der Waals surface area contributed by atoms with Crippen molar-refractivity contribution in [3.05, 3.63) is 35.4 Å². The topological polar surface area (TPSA) is 40.5 Å². The number of likely N-dealkylation sites (tertiary alicyclic amines) is 1. The highest BCUT2D eigenvalue weighted by Gasteiger charge is 2.55. The zero-order valence-corrected chi connectivity index (χ0v) is 14.2. The molecule has 2 saturated carbocycles. The van der Waals surface area contributed by atoms with E-state index in [4.69, 9.17) is 0 Å². The molecule has 3 aliphatic rings. The van der Waals surface area contributed by atoms with Gasteiger partial charge in [0, 0.05) is 24.4 Å². The van der Waals surface area contributed by atoms with Gasteiger partial charge < -0.3 is 10.0 Å². The molecule has 3 fully saturated rings. The van der Waals surface area contributed by atoms with Crippen LogP contribution >= 0.6 is 0 Å². The van der Waals surface area contributed by atoms with E-state index in [0.29, 0.717) is 18.3 Å². The normalized spacial score (nSPS) is 32.1. The Morgan fingerprint density at radius 1 is 1.26 bits per heavy atom. The summed E-state index contributed by atoms with van der Waals surface area (Å²) in [6.45, 7) is 5.89. The van der Waals surface area contributed by atoms with Crippen molar-refractivity contribution >= 4 is 5.91 Å². The van der Waals surface area contributed by atoms with Crippen molar-refractivity contribution < 1.29 is 9.90 Å². The second-order valence-corrected chi connectivity index (χ2v) is 8.76. The second-order valence-electron chi connectivity index (χ2n) is 8.76. The van der Waals surface area contributed by atoms with Crippen LogP contribution in [0.15, 0.2) is 24.3 Å². The first-order chi connectivity index (χ1) is 10.8. The Hall–Kier alpha value is -1.35. The van der Waals surface area contributed by atoms with Gasteiger partial charge in [0.25, 0.3) is 0 Å². The first kappa shape index (κ1) is 15.2. The van der Waals surface area contributed by atoms with Crippen LogP contribution < -0.4 is 0 Å². The Labute approximate surface area is 138 Å². The Morgan fingerprint density at radius 2 is 1.96 bits per heavy atom. The van der Waals surface area contributed by atoms with Crippen LogP contribution in [0.2, 0.25) is 0 Å². The van der Waals surface area contributed by atoms with Gasteiger partial charge >= 0.3 is 0 Å². The van der Waals surface area contributed by atoms with Crippen molar-refractivity contribution in [1.82, 2.24) is 4.90 Å². The van der Waals surface area contributed by atoms with E-state index >= 15 is 0 Å². The third-order valence-corrected chi connectivity index (χ3v) is 6.14. The molecule has 1 heterocycles. The summed E-state index contributed by atoms with van der Waals surface area (Å²) in [5.74, 6) is 1.15. The summed E-state index contributed by atoms with van der Waals surface area (Å²) in [4.78, 5) is 14.4. The van der Waals surface area contributed by atoms with Gasteiger partial charge in [0.1, 0.15) is 0 Å². The fourth-order valence-electron chi connectivity index (χ4n) is 5.09. The third-order valence-electron chi connectivity index (χ3n) is 6.14. The third kappa shape index (κ3) is 2.80. The van der Waals surface area contributed by atoms with Crippen LogP contribution in [0.5, 0.6) is 0 Å². The minimum Gasteiger partial charge on any atom is -0.390 e. The van der Waals surface area contributed by atoms with E-state index in [2.05, 4.69) is 31.2 Å². The van der Waals surface area contributed by atoms with E-state index in [0.717, 1.165) is 19.0 Å². The monoisotopic (exact) mass is 313 g/mol. The summed E-state index contributed by atoms with van der Waals surface area (Å²) >= 11 is 0. The predicted molar refractivity (Wildman–Crippen MR) is 90.0 cm³/mol. The summed E-state index contributed by atoms with van der Waals surface area (Å²) in [6, 6.07) is 8.83. The molecule has 0 unspecified atom stereocenters. The molecule has 1 amide bonds. The van der Waals surface area contributed by atoms with Gasteiger partial charge in [0.15, 0.2) is 0 Å². The molecule has 1 saturated heterocycles. The molecule has 1 spiro atoms. The Balaban J connectivity index is 1.23. The van der Waals surface area contributed by atoms with Crippen LogP contribution in [0.4, 0.5) is 0 Å². The van der Waals surface area contributed by atoms with Crippen LogP contribution in [0, 0.1) is 24.2 Å². The minimum atomic E-state index is -0.599. The molecule has 0 radical (unpaired) electrons. The number of nitrogens with zero attached hydrogens (tertiary/aromatic N) is 1.